The lowest BCUT2D eigenvalue weighted by molar-refractivity contribution is 0.0961. The van der Waals surface area contributed by atoms with E-state index in [1.54, 1.807) is 13.8 Å². The summed E-state index contributed by atoms with van der Waals surface area (Å²) in [4.78, 5) is 16.1. The summed E-state index contributed by atoms with van der Waals surface area (Å²) in [6.45, 7) is 3.39. The Morgan fingerprint density at radius 2 is 2.17 bits per heavy atom. The van der Waals surface area contributed by atoms with Crippen LogP contribution in [-0.2, 0) is 10.0 Å². The number of aromatic nitrogens is 3. The van der Waals surface area contributed by atoms with E-state index in [9.17, 15) is 13.2 Å². The third kappa shape index (κ3) is 2.78. The van der Waals surface area contributed by atoms with E-state index >= 15 is 0 Å². The van der Waals surface area contributed by atoms with Crippen LogP contribution in [0, 0.1) is 13.8 Å². The van der Waals surface area contributed by atoms with Crippen molar-refractivity contribution in [1.29, 1.82) is 0 Å². The van der Waals surface area contributed by atoms with Crippen molar-refractivity contribution < 1.29 is 17.7 Å². The third-order valence-electron chi connectivity index (χ3n) is 3.24. The minimum absolute atomic E-state index is 0.0368. The Labute approximate surface area is 135 Å². The molecule has 3 aromatic rings. The van der Waals surface area contributed by atoms with Crippen LogP contribution in [0.2, 0.25) is 0 Å². The highest BCUT2D eigenvalue weighted by Crippen LogP contribution is 2.27. The summed E-state index contributed by atoms with van der Waals surface area (Å²) in [5.74, 6) is -0.432. The first-order chi connectivity index (χ1) is 10.9. The molecule has 3 heterocycles. The highest BCUT2D eigenvalue weighted by atomic mass is 32.2. The van der Waals surface area contributed by atoms with Crippen LogP contribution in [0.1, 0.15) is 20.9 Å². The van der Waals surface area contributed by atoms with Crippen LogP contribution < -0.4 is 4.72 Å². The normalized spacial score (nSPS) is 11.6. The number of thiophene rings is 1. The molecule has 0 aliphatic carbocycles. The van der Waals surface area contributed by atoms with Crippen molar-refractivity contribution in [3.8, 4) is 0 Å². The van der Waals surface area contributed by atoms with Gasteiger partial charge in [0.25, 0.3) is 15.9 Å². The summed E-state index contributed by atoms with van der Waals surface area (Å²) >= 11 is 1.04. The van der Waals surface area contributed by atoms with E-state index in [2.05, 4.69) is 14.9 Å². The molecule has 23 heavy (non-hydrogen) atoms. The van der Waals surface area contributed by atoms with E-state index in [-0.39, 0.29) is 15.7 Å². The summed E-state index contributed by atoms with van der Waals surface area (Å²) in [6, 6.07) is 1.37. The van der Waals surface area contributed by atoms with Gasteiger partial charge in [-0.1, -0.05) is 5.16 Å². The molecule has 0 saturated carbocycles. The van der Waals surface area contributed by atoms with Crippen molar-refractivity contribution in [2.75, 3.05) is 4.72 Å². The number of rotatable bonds is 4. The molecule has 0 aliphatic rings. The Bertz CT molecular complexity index is 954. The van der Waals surface area contributed by atoms with E-state index < -0.39 is 15.9 Å². The fourth-order valence-electron chi connectivity index (χ4n) is 1.85. The van der Waals surface area contributed by atoms with Crippen LogP contribution in [0.5, 0.6) is 0 Å². The lowest BCUT2D eigenvalue weighted by atomic mass is 10.3. The first kappa shape index (κ1) is 15.4. The summed E-state index contributed by atoms with van der Waals surface area (Å²) in [5, 5.41) is 5.24. The van der Waals surface area contributed by atoms with Gasteiger partial charge < -0.3 is 4.52 Å². The largest absolute Gasteiger partial charge is 0.337 e. The van der Waals surface area contributed by atoms with Crippen molar-refractivity contribution in [2.24, 2.45) is 0 Å². The molecule has 3 rings (SSSR count). The molecule has 0 saturated heterocycles. The van der Waals surface area contributed by atoms with Crippen molar-refractivity contribution in [1.82, 2.24) is 14.7 Å². The van der Waals surface area contributed by atoms with Gasteiger partial charge in [0, 0.05) is 18.0 Å². The molecule has 0 fully saturated rings. The average Bonchev–Trinajstić information content (AvgIpc) is 3.24. The maximum atomic E-state index is 12.5. The van der Waals surface area contributed by atoms with Gasteiger partial charge in [0.05, 0.1) is 5.69 Å². The molecule has 0 radical (unpaired) electrons. The van der Waals surface area contributed by atoms with Crippen LogP contribution in [0.15, 0.2) is 39.6 Å². The fraction of sp³-hybridized carbons (Fsp3) is 0.154. The summed E-state index contributed by atoms with van der Waals surface area (Å²) < 4.78 is 33.6. The molecule has 0 amide bonds. The molecule has 0 atom stereocenters. The quantitative estimate of drug-likeness (QED) is 0.770. The van der Waals surface area contributed by atoms with Gasteiger partial charge in [0.1, 0.15) is 16.1 Å². The summed E-state index contributed by atoms with van der Waals surface area (Å²) in [6.07, 6.45) is 4.21. The predicted molar refractivity (Wildman–Crippen MR) is 83.1 cm³/mol. The van der Waals surface area contributed by atoms with Crippen molar-refractivity contribution in [3.63, 3.8) is 0 Å². The topological polar surface area (TPSA) is 107 Å². The second-order valence-electron chi connectivity index (χ2n) is 4.72. The predicted octanol–water partition coefficient (Wildman–Crippen LogP) is 2.04. The first-order valence-electron chi connectivity index (χ1n) is 6.46. The number of hydrogen-bond donors (Lipinski definition) is 1. The average molecular weight is 352 g/mol. The van der Waals surface area contributed by atoms with E-state index in [0.29, 0.717) is 11.3 Å². The Balaban J connectivity index is 1.97. The van der Waals surface area contributed by atoms with Crippen LogP contribution in [0.4, 0.5) is 5.88 Å². The lowest BCUT2D eigenvalue weighted by Crippen LogP contribution is -2.17. The van der Waals surface area contributed by atoms with E-state index in [1.807, 2.05) is 0 Å². The number of imidazole rings is 1. The van der Waals surface area contributed by atoms with Gasteiger partial charge in [-0.05, 0) is 25.3 Å². The monoisotopic (exact) mass is 352 g/mol. The van der Waals surface area contributed by atoms with Gasteiger partial charge in [-0.15, -0.1) is 11.3 Å². The number of hydrogen-bond acceptors (Lipinski definition) is 7. The number of aryl methyl sites for hydroxylation is 1. The zero-order valence-electron chi connectivity index (χ0n) is 12.2. The molecule has 3 aromatic heterocycles. The van der Waals surface area contributed by atoms with Gasteiger partial charge in [-0.25, -0.2) is 18.1 Å². The zero-order chi connectivity index (χ0) is 16.6. The highest BCUT2D eigenvalue weighted by Gasteiger charge is 2.26. The molecule has 0 unspecified atom stereocenters. The van der Waals surface area contributed by atoms with Crippen molar-refractivity contribution >= 4 is 33.2 Å². The highest BCUT2D eigenvalue weighted by molar-refractivity contribution is 7.93. The standard InChI is InChI=1S/C13H12N4O4S2/c1-8-9(2)15-21-12(8)16-23(19,20)10-3-6-22-11(10)13(18)17-5-4-14-7-17/h3-7,16H,1-2H3. The molecule has 0 aromatic carbocycles. The van der Waals surface area contributed by atoms with Crippen LogP contribution >= 0.6 is 11.3 Å². The Kier molecular flexibility index (Phi) is 3.78. The van der Waals surface area contributed by atoms with Gasteiger partial charge >= 0.3 is 0 Å². The SMILES string of the molecule is Cc1noc(NS(=O)(=O)c2ccsc2C(=O)n2ccnc2)c1C. The molecular formula is C13H12N4O4S2. The number of carbonyl (C=O) groups is 1. The Morgan fingerprint density at radius 1 is 1.39 bits per heavy atom. The number of nitrogens with one attached hydrogen (secondary N) is 1. The molecule has 8 nitrogen and oxygen atoms in total. The van der Waals surface area contributed by atoms with E-state index in [0.717, 1.165) is 11.3 Å². The van der Waals surface area contributed by atoms with Gasteiger partial charge in [-0.2, -0.15) is 0 Å². The van der Waals surface area contributed by atoms with Crippen LogP contribution in [0.3, 0.4) is 0 Å². The first-order valence-corrected chi connectivity index (χ1v) is 8.82. The minimum atomic E-state index is -3.97. The number of carbonyl (C=O) groups excluding carboxylic acids is 1. The third-order valence-corrected chi connectivity index (χ3v) is 5.64. The molecule has 0 bridgehead atoms. The molecule has 10 heteroatoms. The molecule has 0 aliphatic heterocycles. The molecule has 1 N–H and O–H groups in total. The van der Waals surface area contributed by atoms with E-state index in [1.165, 1.54) is 34.7 Å². The number of nitrogens with zero attached hydrogens (tertiary/aromatic N) is 3. The smallest absolute Gasteiger partial charge is 0.274 e. The zero-order valence-corrected chi connectivity index (χ0v) is 13.8. The Hall–Kier alpha value is -2.46. The van der Waals surface area contributed by atoms with E-state index in [4.69, 9.17) is 4.52 Å². The number of sulfonamides is 1. The number of anilines is 1. The van der Waals surface area contributed by atoms with Crippen LogP contribution in [-0.4, -0.2) is 29.0 Å². The maximum Gasteiger partial charge on any atom is 0.274 e. The van der Waals surface area contributed by atoms with Gasteiger partial charge in [0.15, 0.2) is 0 Å². The lowest BCUT2D eigenvalue weighted by Gasteiger charge is -2.06. The summed E-state index contributed by atoms with van der Waals surface area (Å²) in [7, 11) is -3.97. The fourth-order valence-corrected chi connectivity index (χ4v) is 4.26. The maximum absolute atomic E-state index is 12.5. The molecular weight excluding hydrogens is 340 g/mol. The summed E-state index contributed by atoms with van der Waals surface area (Å²) in [5.41, 5.74) is 1.18. The molecule has 120 valence electrons. The van der Waals surface area contributed by atoms with Crippen molar-refractivity contribution in [3.05, 3.63) is 46.3 Å². The second kappa shape index (κ2) is 5.63. The second-order valence-corrected chi connectivity index (χ2v) is 7.28. The minimum Gasteiger partial charge on any atom is -0.337 e. The van der Waals surface area contributed by atoms with Gasteiger partial charge in [0.2, 0.25) is 5.88 Å². The van der Waals surface area contributed by atoms with Crippen molar-refractivity contribution in [2.45, 2.75) is 18.7 Å². The van der Waals surface area contributed by atoms with Gasteiger partial charge in [-0.3, -0.25) is 9.36 Å². The molecule has 0 spiro atoms. The Morgan fingerprint density at radius 3 is 2.78 bits per heavy atom. The van der Waals surface area contributed by atoms with Crippen LogP contribution in [0.25, 0.3) is 0 Å².